The van der Waals surface area contributed by atoms with Crippen molar-refractivity contribution in [2.24, 2.45) is 0 Å². The molecule has 0 fully saturated rings. The van der Waals surface area contributed by atoms with E-state index in [0.29, 0.717) is 11.5 Å². The molecule has 0 saturated carbocycles. The average Bonchev–Trinajstić information content (AvgIpc) is 2.83. The summed E-state index contributed by atoms with van der Waals surface area (Å²) >= 11 is 0. The maximum absolute atomic E-state index is 11.3. The molecule has 0 atom stereocenters. The molecule has 7 nitrogen and oxygen atoms in total. The summed E-state index contributed by atoms with van der Waals surface area (Å²) in [6.07, 6.45) is -0.457. The zero-order chi connectivity index (χ0) is 23.5. The second-order valence-corrected chi connectivity index (χ2v) is 7.81. The van der Waals surface area contributed by atoms with Crippen LogP contribution in [0.5, 0.6) is 11.5 Å². The predicted octanol–water partition coefficient (Wildman–Crippen LogP) is 5.62. The largest absolute Gasteiger partial charge is 0.493 e. The Bertz CT molecular complexity index is 1330. The van der Waals surface area contributed by atoms with Crippen molar-refractivity contribution >= 4 is 39.3 Å². The van der Waals surface area contributed by atoms with Gasteiger partial charge in [-0.1, -0.05) is 12.1 Å². The number of pyridine rings is 1. The van der Waals surface area contributed by atoms with E-state index < -0.39 is 6.09 Å². The normalized spacial score (nSPS) is 10.8. The molecule has 1 aromatic heterocycles. The van der Waals surface area contributed by atoms with Gasteiger partial charge in [-0.05, 0) is 60.9 Å². The van der Waals surface area contributed by atoms with Crippen LogP contribution in [-0.2, 0) is 11.3 Å². The molecule has 0 bridgehead atoms. The number of aromatic nitrogens is 1. The van der Waals surface area contributed by atoms with Gasteiger partial charge in [0.05, 0.1) is 30.9 Å². The standard InChI is InChI=1S/C26H27N3O4/c1-15-10-19-21(11-16(15)2)29-22-13-24(32-5)23(31-4)12-20(22)25(19)28-18-8-6-17(7-9-18)14-33-26(30)27-3/h6-13H,14H2,1-5H3,(H,27,30)(H,28,29). The van der Waals surface area contributed by atoms with Crippen LogP contribution < -0.4 is 20.1 Å². The monoisotopic (exact) mass is 445 g/mol. The summed E-state index contributed by atoms with van der Waals surface area (Å²) in [5, 5.41) is 7.96. The molecule has 1 amide bonds. The molecule has 3 aromatic carbocycles. The lowest BCUT2D eigenvalue weighted by atomic mass is 10.0. The van der Waals surface area contributed by atoms with Crippen LogP contribution in [0.3, 0.4) is 0 Å². The Labute approximate surface area is 192 Å². The molecule has 4 rings (SSSR count). The highest BCUT2D eigenvalue weighted by molar-refractivity contribution is 6.09. The van der Waals surface area contributed by atoms with Gasteiger partial charge in [-0.15, -0.1) is 0 Å². The van der Waals surface area contributed by atoms with Gasteiger partial charge in [0.1, 0.15) is 6.61 Å². The summed E-state index contributed by atoms with van der Waals surface area (Å²) in [6, 6.07) is 15.9. The Morgan fingerprint density at radius 1 is 0.879 bits per heavy atom. The highest BCUT2D eigenvalue weighted by atomic mass is 16.5. The molecule has 7 heteroatoms. The molecular formula is C26H27N3O4. The molecule has 2 N–H and O–H groups in total. The minimum atomic E-state index is -0.457. The van der Waals surface area contributed by atoms with Gasteiger partial charge in [-0.25, -0.2) is 9.78 Å². The number of hydrogen-bond donors (Lipinski definition) is 2. The number of aryl methyl sites for hydroxylation is 2. The number of nitrogens with one attached hydrogen (secondary N) is 2. The first kappa shape index (κ1) is 22.2. The van der Waals surface area contributed by atoms with Crippen LogP contribution in [0, 0.1) is 13.8 Å². The van der Waals surface area contributed by atoms with Gasteiger partial charge in [-0.3, -0.25) is 0 Å². The Kier molecular flexibility index (Phi) is 6.22. The number of fused-ring (bicyclic) bond motifs is 2. The van der Waals surface area contributed by atoms with E-state index in [1.807, 2.05) is 36.4 Å². The lowest BCUT2D eigenvalue weighted by Gasteiger charge is -2.17. The van der Waals surface area contributed by atoms with Crippen LogP contribution in [0.1, 0.15) is 16.7 Å². The van der Waals surface area contributed by atoms with Crippen LogP contribution in [0.2, 0.25) is 0 Å². The van der Waals surface area contributed by atoms with Crippen molar-refractivity contribution < 1.29 is 19.0 Å². The maximum Gasteiger partial charge on any atom is 0.407 e. The SMILES string of the molecule is CNC(=O)OCc1ccc(Nc2c3cc(C)c(C)cc3nc3cc(OC)c(OC)cc23)cc1. The Morgan fingerprint density at radius 2 is 1.48 bits per heavy atom. The third-order valence-corrected chi connectivity index (χ3v) is 5.69. The molecule has 0 spiro atoms. The second kappa shape index (κ2) is 9.24. The molecule has 0 unspecified atom stereocenters. The molecule has 33 heavy (non-hydrogen) atoms. The molecule has 170 valence electrons. The van der Waals surface area contributed by atoms with Gasteiger partial charge in [0.15, 0.2) is 11.5 Å². The zero-order valence-electron chi connectivity index (χ0n) is 19.4. The third-order valence-electron chi connectivity index (χ3n) is 5.69. The van der Waals surface area contributed by atoms with Crippen molar-refractivity contribution in [3.8, 4) is 11.5 Å². The summed E-state index contributed by atoms with van der Waals surface area (Å²) < 4.78 is 16.2. The minimum absolute atomic E-state index is 0.205. The zero-order valence-corrected chi connectivity index (χ0v) is 19.4. The maximum atomic E-state index is 11.3. The number of nitrogens with zero attached hydrogens (tertiary/aromatic N) is 1. The molecule has 0 aliphatic heterocycles. The van der Waals surface area contributed by atoms with Gasteiger partial charge in [0.25, 0.3) is 0 Å². The van der Waals surface area contributed by atoms with Crippen LogP contribution in [-0.4, -0.2) is 32.3 Å². The van der Waals surface area contributed by atoms with E-state index in [2.05, 4.69) is 36.6 Å². The molecule has 0 aliphatic rings. The second-order valence-electron chi connectivity index (χ2n) is 7.81. The summed E-state index contributed by atoms with van der Waals surface area (Å²) in [7, 11) is 4.78. The number of methoxy groups -OCH3 is 2. The first-order valence-corrected chi connectivity index (χ1v) is 10.6. The van der Waals surface area contributed by atoms with E-state index in [1.54, 1.807) is 14.2 Å². The van der Waals surface area contributed by atoms with Crippen molar-refractivity contribution in [3.05, 3.63) is 65.2 Å². The lowest BCUT2D eigenvalue weighted by Crippen LogP contribution is -2.18. The highest BCUT2D eigenvalue weighted by Crippen LogP contribution is 2.39. The number of ether oxygens (including phenoxy) is 3. The smallest absolute Gasteiger partial charge is 0.407 e. The van der Waals surface area contributed by atoms with E-state index in [1.165, 1.54) is 18.2 Å². The number of carbonyl (C=O) groups is 1. The number of benzene rings is 3. The van der Waals surface area contributed by atoms with E-state index >= 15 is 0 Å². The fraction of sp³-hybridized carbons (Fsp3) is 0.231. The summed E-state index contributed by atoms with van der Waals surface area (Å²) in [5.41, 5.74) is 6.81. The number of hydrogen-bond acceptors (Lipinski definition) is 6. The van der Waals surface area contributed by atoms with Gasteiger partial charge >= 0.3 is 6.09 Å². The van der Waals surface area contributed by atoms with Crippen molar-refractivity contribution in [3.63, 3.8) is 0 Å². The van der Waals surface area contributed by atoms with Crippen molar-refractivity contribution in [1.82, 2.24) is 10.3 Å². The van der Waals surface area contributed by atoms with Crippen LogP contribution in [0.15, 0.2) is 48.5 Å². The molecule has 4 aromatic rings. The van der Waals surface area contributed by atoms with E-state index in [0.717, 1.165) is 38.7 Å². The van der Waals surface area contributed by atoms with Crippen molar-refractivity contribution in [1.29, 1.82) is 0 Å². The van der Waals surface area contributed by atoms with Crippen molar-refractivity contribution in [2.45, 2.75) is 20.5 Å². The fourth-order valence-electron chi connectivity index (χ4n) is 3.71. The van der Waals surface area contributed by atoms with Gasteiger partial charge in [0, 0.05) is 29.6 Å². The van der Waals surface area contributed by atoms with E-state index in [9.17, 15) is 4.79 Å². The fourth-order valence-corrected chi connectivity index (χ4v) is 3.71. The number of rotatable bonds is 6. The summed E-state index contributed by atoms with van der Waals surface area (Å²) in [6.45, 7) is 4.39. The van der Waals surface area contributed by atoms with Gasteiger partial charge < -0.3 is 24.8 Å². The molecule has 0 saturated heterocycles. The minimum Gasteiger partial charge on any atom is -0.493 e. The number of carbonyl (C=O) groups excluding carboxylic acids is 1. The summed E-state index contributed by atoms with van der Waals surface area (Å²) in [4.78, 5) is 16.2. The third kappa shape index (κ3) is 4.48. The summed E-state index contributed by atoms with van der Waals surface area (Å²) in [5.74, 6) is 1.27. The lowest BCUT2D eigenvalue weighted by molar-refractivity contribution is 0.142. The topological polar surface area (TPSA) is 81.7 Å². The number of alkyl carbamates (subject to hydrolysis) is 1. The number of anilines is 2. The van der Waals surface area contributed by atoms with Gasteiger partial charge in [0.2, 0.25) is 0 Å². The average molecular weight is 446 g/mol. The number of amides is 1. The highest BCUT2D eigenvalue weighted by Gasteiger charge is 2.15. The first-order valence-electron chi connectivity index (χ1n) is 10.6. The molecular weight excluding hydrogens is 418 g/mol. The van der Waals surface area contributed by atoms with Crippen LogP contribution >= 0.6 is 0 Å². The van der Waals surface area contributed by atoms with Crippen molar-refractivity contribution in [2.75, 3.05) is 26.6 Å². The Hall–Kier alpha value is -4.00. The van der Waals surface area contributed by atoms with E-state index in [-0.39, 0.29) is 6.61 Å². The van der Waals surface area contributed by atoms with E-state index in [4.69, 9.17) is 19.2 Å². The molecule has 0 aliphatic carbocycles. The van der Waals surface area contributed by atoms with Crippen LogP contribution in [0.4, 0.5) is 16.2 Å². The predicted molar refractivity (Wildman–Crippen MR) is 131 cm³/mol. The Balaban J connectivity index is 1.81. The first-order chi connectivity index (χ1) is 15.9. The molecule has 0 radical (unpaired) electrons. The quantitative estimate of drug-likeness (QED) is 0.375. The van der Waals surface area contributed by atoms with Crippen LogP contribution in [0.25, 0.3) is 21.8 Å². The van der Waals surface area contributed by atoms with Gasteiger partial charge in [-0.2, -0.15) is 0 Å². The molecule has 1 heterocycles. The Morgan fingerprint density at radius 3 is 2.15 bits per heavy atom.